The van der Waals surface area contributed by atoms with Crippen molar-refractivity contribution < 1.29 is 13.2 Å². The first-order valence-electron chi connectivity index (χ1n) is 8.58. The number of nitrogens with zero attached hydrogens (tertiary/aromatic N) is 1. The van der Waals surface area contributed by atoms with E-state index >= 15 is 0 Å². The third kappa shape index (κ3) is 4.65. The first-order valence-corrected chi connectivity index (χ1v) is 10.1. The molecule has 3 rings (SSSR count). The SMILES string of the molecule is Cc1cc(C)c(S(=O)(=O)Nc2cccc(OCc3ccccn3)c2)c(C)c1. The smallest absolute Gasteiger partial charge is 0.262 e. The van der Waals surface area contributed by atoms with Gasteiger partial charge >= 0.3 is 0 Å². The molecule has 2 aromatic carbocycles. The van der Waals surface area contributed by atoms with E-state index in [4.69, 9.17) is 4.74 Å². The number of anilines is 1. The standard InChI is InChI=1S/C21H22N2O3S/c1-15-11-16(2)21(17(3)12-15)27(24,25)23-18-8-6-9-20(13-18)26-14-19-7-4-5-10-22-19/h4-13,23H,14H2,1-3H3. The molecule has 1 N–H and O–H groups in total. The summed E-state index contributed by atoms with van der Waals surface area (Å²) in [4.78, 5) is 4.52. The van der Waals surface area contributed by atoms with Gasteiger partial charge in [0.25, 0.3) is 10.0 Å². The summed E-state index contributed by atoms with van der Waals surface area (Å²) >= 11 is 0. The second kappa shape index (κ2) is 7.80. The normalized spacial score (nSPS) is 11.2. The van der Waals surface area contributed by atoms with E-state index in [1.807, 2.05) is 37.3 Å². The number of hydrogen-bond acceptors (Lipinski definition) is 4. The Hall–Kier alpha value is -2.86. The molecule has 0 aliphatic heterocycles. The molecule has 0 saturated heterocycles. The largest absolute Gasteiger partial charge is 0.487 e. The average molecular weight is 382 g/mol. The maximum Gasteiger partial charge on any atom is 0.262 e. The van der Waals surface area contributed by atoms with E-state index in [2.05, 4.69) is 9.71 Å². The average Bonchev–Trinajstić information content (AvgIpc) is 2.59. The number of hydrogen-bond donors (Lipinski definition) is 1. The maximum atomic E-state index is 12.9. The van der Waals surface area contributed by atoms with E-state index in [-0.39, 0.29) is 0 Å². The van der Waals surface area contributed by atoms with Crippen molar-refractivity contribution in [1.82, 2.24) is 4.98 Å². The number of rotatable bonds is 6. The van der Waals surface area contributed by atoms with Gasteiger partial charge in [-0.05, 0) is 56.2 Å². The highest BCUT2D eigenvalue weighted by molar-refractivity contribution is 7.92. The second-order valence-corrected chi connectivity index (χ2v) is 8.09. The van der Waals surface area contributed by atoms with Crippen LogP contribution < -0.4 is 9.46 Å². The molecule has 0 unspecified atom stereocenters. The Morgan fingerprint density at radius 3 is 2.37 bits per heavy atom. The van der Waals surface area contributed by atoms with Gasteiger partial charge in [-0.2, -0.15) is 0 Å². The van der Waals surface area contributed by atoms with E-state index in [0.29, 0.717) is 22.9 Å². The predicted molar refractivity (Wildman–Crippen MR) is 106 cm³/mol. The van der Waals surface area contributed by atoms with E-state index in [9.17, 15) is 8.42 Å². The van der Waals surface area contributed by atoms with Crippen LogP contribution in [-0.4, -0.2) is 13.4 Å². The van der Waals surface area contributed by atoms with Gasteiger partial charge in [0.05, 0.1) is 16.3 Å². The molecule has 0 aliphatic carbocycles. The van der Waals surface area contributed by atoms with Gasteiger partial charge < -0.3 is 4.74 Å². The van der Waals surface area contributed by atoms with Gasteiger partial charge in [0, 0.05) is 12.3 Å². The molecule has 0 aliphatic rings. The van der Waals surface area contributed by atoms with Crippen LogP contribution in [0.4, 0.5) is 5.69 Å². The summed E-state index contributed by atoms with van der Waals surface area (Å²) in [5.41, 5.74) is 3.74. The highest BCUT2D eigenvalue weighted by Crippen LogP contribution is 2.26. The first kappa shape index (κ1) is 18.9. The predicted octanol–water partition coefficient (Wildman–Crippen LogP) is 4.39. The summed E-state index contributed by atoms with van der Waals surface area (Å²) in [5, 5.41) is 0. The molecular formula is C21H22N2O3S. The van der Waals surface area contributed by atoms with Gasteiger partial charge in [0.15, 0.2) is 0 Å². The minimum Gasteiger partial charge on any atom is -0.487 e. The first-order chi connectivity index (χ1) is 12.8. The van der Waals surface area contributed by atoms with E-state index in [1.165, 1.54) is 0 Å². The molecule has 0 saturated carbocycles. The van der Waals surface area contributed by atoms with Crippen LogP contribution in [0.5, 0.6) is 5.75 Å². The number of benzene rings is 2. The van der Waals surface area contributed by atoms with E-state index < -0.39 is 10.0 Å². The molecule has 0 atom stereocenters. The number of nitrogens with one attached hydrogen (secondary N) is 1. The minimum absolute atomic E-state index is 0.313. The van der Waals surface area contributed by atoms with Gasteiger partial charge in [0.2, 0.25) is 0 Å². The minimum atomic E-state index is -3.69. The number of sulfonamides is 1. The molecule has 0 spiro atoms. The number of ether oxygens (including phenoxy) is 1. The zero-order valence-corrected chi connectivity index (χ0v) is 16.4. The molecule has 1 aromatic heterocycles. The molecule has 140 valence electrons. The summed E-state index contributed by atoms with van der Waals surface area (Å²) in [6.45, 7) is 5.88. The van der Waals surface area contributed by atoms with E-state index in [0.717, 1.165) is 22.4 Å². The number of aryl methyl sites for hydroxylation is 3. The van der Waals surface area contributed by atoms with Crippen LogP contribution >= 0.6 is 0 Å². The highest BCUT2D eigenvalue weighted by Gasteiger charge is 2.20. The van der Waals surface area contributed by atoms with Crippen molar-refractivity contribution in [3.8, 4) is 5.75 Å². The fourth-order valence-electron chi connectivity index (χ4n) is 3.09. The molecule has 3 aromatic rings. The van der Waals surface area contributed by atoms with Gasteiger partial charge in [-0.1, -0.05) is 29.8 Å². The third-order valence-corrected chi connectivity index (χ3v) is 5.76. The quantitative estimate of drug-likeness (QED) is 0.687. The highest BCUT2D eigenvalue weighted by atomic mass is 32.2. The Morgan fingerprint density at radius 1 is 0.963 bits per heavy atom. The summed E-state index contributed by atoms with van der Waals surface area (Å²) in [5.74, 6) is 0.568. The van der Waals surface area contributed by atoms with E-state index in [1.54, 1.807) is 44.3 Å². The molecule has 1 heterocycles. The van der Waals surface area contributed by atoms with Crippen molar-refractivity contribution >= 4 is 15.7 Å². The molecule has 27 heavy (non-hydrogen) atoms. The van der Waals surface area contributed by atoms with Gasteiger partial charge in [-0.3, -0.25) is 9.71 Å². The van der Waals surface area contributed by atoms with Crippen molar-refractivity contribution in [2.24, 2.45) is 0 Å². The van der Waals surface area contributed by atoms with Gasteiger partial charge in [-0.25, -0.2) is 8.42 Å². The fraction of sp³-hybridized carbons (Fsp3) is 0.190. The topological polar surface area (TPSA) is 68.3 Å². The lowest BCUT2D eigenvalue weighted by Gasteiger charge is -2.14. The second-order valence-electron chi connectivity index (χ2n) is 6.47. The zero-order valence-electron chi connectivity index (χ0n) is 15.6. The van der Waals surface area contributed by atoms with Crippen molar-refractivity contribution in [2.75, 3.05) is 4.72 Å². The molecule has 0 amide bonds. The number of pyridine rings is 1. The lowest BCUT2D eigenvalue weighted by molar-refractivity contribution is 0.301. The lowest BCUT2D eigenvalue weighted by atomic mass is 10.1. The van der Waals surface area contributed by atoms with Crippen LogP contribution in [0.1, 0.15) is 22.4 Å². The fourth-order valence-corrected chi connectivity index (χ4v) is 4.59. The monoisotopic (exact) mass is 382 g/mol. The third-order valence-electron chi connectivity index (χ3n) is 4.07. The molecule has 5 nitrogen and oxygen atoms in total. The Labute approximate surface area is 160 Å². The van der Waals surface area contributed by atoms with Crippen molar-refractivity contribution in [1.29, 1.82) is 0 Å². The van der Waals surface area contributed by atoms with Gasteiger partial charge in [-0.15, -0.1) is 0 Å². The number of aromatic nitrogens is 1. The van der Waals surface area contributed by atoms with Crippen molar-refractivity contribution in [3.63, 3.8) is 0 Å². The lowest BCUT2D eigenvalue weighted by Crippen LogP contribution is -2.16. The van der Waals surface area contributed by atoms with Crippen LogP contribution in [0.3, 0.4) is 0 Å². The summed E-state index contributed by atoms with van der Waals surface area (Å²) in [7, 11) is -3.69. The van der Waals surface area contributed by atoms with Crippen LogP contribution in [0.25, 0.3) is 0 Å². The molecule has 0 bridgehead atoms. The molecule has 6 heteroatoms. The summed E-state index contributed by atoms with van der Waals surface area (Å²) in [6.07, 6.45) is 1.70. The van der Waals surface area contributed by atoms with Crippen LogP contribution in [0.15, 0.2) is 65.7 Å². The summed E-state index contributed by atoms with van der Waals surface area (Å²) < 4.78 is 34.1. The Bertz CT molecular complexity index is 1030. The van der Waals surface area contributed by atoms with Crippen LogP contribution in [0.2, 0.25) is 0 Å². The molecule has 0 radical (unpaired) electrons. The van der Waals surface area contributed by atoms with Crippen molar-refractivity contribution in [3.05, 3.63) is 83.2 Å². The molecule has 0 fully saturated rings. The Morgan fingerprint density at radius 2 is 1.70 bits per heavy atom. The maximum absolute atomic E-state index is 12.9. The Balaban J connectivity index is 1.79. The van der Waals surface area contributed by atoms with Crippen LogP contribution in [-0.2, 0) is 16.6 Å². The Kier molecular flexibility index (Phi) is 5.46. The summed E-state index contributed by atoms with van der Waals surface area (Å²) in [6, 6.07) is 16.2. The van der Waals surface area contributed by atoms with Gasteiger partial charge in [0.1, 0.15) is 12.4 Å². The molecular weight excluding hydrogens is 360 g/mol. The van der Waals surface area contributed by atoms with Crippen molar-refractivity contribution in [2.45, 2.75) is 32.3 Å². The zero-order chi connectivity index (χ0) is 19.4. The van der Waals surface area contributed by atoms with Crippen LogP contribution in [0, 0.1) is 20.8 Å².